The zero-order chi connectivity index (χ0) is 24.9. The number of halogens is 1. The minimum Gasteiger partial charge on any atom is -0.463 e. The Labute approximate surface area is 211 Å². The Balaban J connectivity index is 1.35. The van der Waals surface area contributed by atoms with E-state index in [0.29, 0.717) is 40.0 Å². The predicted octanol–water partition coefficient (Wildman–Crippen LogP) is 5.36. The average molecular weight is 498 g/mol. The van der Waals surface area contributed by atoms with Crippen molar-refractivity contribution < 1.29 is 14.0 Å². The van der Waals surface area contributed by atoms with E-state index in [4.69, 9.17) is 16.0 Å². The molecule has 5 aromatic rings. The number of nitrogens with one attached hydrogen (secondary N) is 2. The Morgan fingerprint density at radius 2 is 1.81 bits per heavy atom. The molecule has 0 unspecified atom stereocenters. The number of furan rings is 1. The van der Waals surface area contributed by atoms with Gasteiger partial charge in [-0.3, -0.25) is 14.6 Å². The Morgan fingerprint density at radius 3 is 2.58 bits per heavy atom. The molecular formula is C27H20ClN5O3. The van der Waals surface area contributed by atoms with Crippen molar-refractivity contribution in [3.63, 3.8) is 0 Å². The predicted molar refractivity (Wildman–Crippen MR) is 136 cm³/mol. The molecule has 5 rings (SSSR count). The van der Waals surface area contributed by atoms with Crippen molar-refractivity contribution in [2.24, 2.45) is 0 Å². The fraction of sp³-hybridized carbons (Fsp3) is 0.0370. The van der Waals surface area contributed by atoms with Crippen LogP contribution in [0.25, 0.3) is 17.1 Å². The SMILES string of the molecule is O=C(NCc1ccccn1)c1cccc(NC(=O)c2cc(-c3ccco3)n(-c3cccc(Cl)c3)n2)c1. The summed E-state index contributed by atoms with van der Waals surface area (Å²) in [6.45, 7) is 0.298. The van der Waals surface area contributed by atoms with Crippen LogP contribution in [0.5, 0.6) is 0 Å². The third kappa shape index (κ3) is 5.18. The fourth-order valence-corrected chi connectivity index (χ4v) is 3.79. The van der Waals surface area contributed by atoms with Gasteiger partial charge in [-0.15, -0.1) is 0 Å². The molecule has 0 spiro atoms. The van der Waals surface area contributed by atoms with E-state index in [-0.39, 0.29) is 11.6 Å². The molecule has 0 atom stereocenters. The number of rotatable bonds is 7. The number of hydrogen-bond donors (Lipinski definition) is 2. The van der Waals surface area contributed by atoms with E-state index in [9.17, 15) is 9.59 Å². The molecule has 0 saturated heterocycles. The van der Waals surface area contributed by atoms with Gasteiger partial charge in [-0.2, -0.15) is 5.10 Å². The number of carbonyl (C=O) groups excluding carboxylic acids is 2. The first kappa shape index (κ1) is 23.1. The zero-order valence-electron chi connectivity index (χ0n) is 18.9. The molecule has 0 radical (unpaired) electrons. The molecule has 0 fully saturated rings. The lowest BCUT2D eigenvalue weighted by molar-refractivity contribution is 0.0949. The normalized spacial score (nSPS) is 10.7. The smallest absolute Gasteiger partial charge is 0.276 e. The summed E-state index contributed by atoms with van der Waals surface area (Å²) in [4.78, 5) is 29.9. The molecule has 3 aromatic heterocycles. The molecular weight excluding hydrogens is 478 g/mol. The third-order valence-corrected chi connectivity index (χ3v) is 5.54. The maximum Gasteiger partial charge on any atom is 0.276 e. The second-order valence-corrected chi connectivity index (χ2v) is 8.26. The highest BCUT2D eigenvalue weighted by atomic mass is 35.5. The van der Waals surface area contributed by atoms with Crippen molar-refractivity contribution >= 4 is 29.1 Å². The Morgan fingerprint density at radius 1 is 0.917 bits per heavy atom. The Bertz CT molecular complexity index is 1510. The number of benzene rings is 2. The lowest BCUT2D eigenvalue weighted by Crippen LogP contribution is -2.23. The second kappa shape index (κ2) is 10.3. The van der Waals surface area contributed by atoms with Crippen LogP contribution in [0.4, 0.5) is 5.69 Å². The monoisotopic (exact) mass is 497 g/mol. The number of nitrogens with zero attached hydrogens (tertiary/aromatic N) is 3. The first-order valence-corrected chi connectivity index (χ1v) is 11.4. The fourth-order valence-electron chi connectivity index (χ4n) is 3.61. The summed E-state index contributed by atoms with van der Waals surface area (Å²) in [6.07, 6.45) is 3.22. The molecule has 2 aromatic carbocycles. The molecule has 0 bridgehead atoms. The zero-order valence-corrected chi connectivity index (χ0v) is 19.6. The highest BCUT2D eigenvalue weighted by Gasteiger charge is 2.19. The van der Waals surface area contributed by atoms with Gasteiger partial charge < -0.3 is 15.1 Å². The number of amides is 2. The van der Waals surface area contributed by atoms with Gasteiger partial charge in [-0.05, 0) is 60.7 Å². The van der Waals surface area contributed by atoms with Gasteiger partial charge in [0.25, 0.3) is 11.8 Å². The van der Waals surface area contributed by atoms with Crippen LogP contribution in [-0.2, 0) is 6.54 Å². The topological polar surface area (TPSA) is 102 Å². The highest BCUT2D eigenvalue weighted by Crippen LogP contribution is 2.26. The van der Waals surface area contributed by atoms with E-state index in [1.807, 2.05) is 24.3 Å². The van der Waals surface area contributed by atoms with Crippen molar-refractivity contribution in [3.8, 4) is 17.1 Å². The standard InChI is InChI=1S/C27H20ClN5O3/c28-19-7-4-10-22(15-19)33-24(25-11-5-13-36-25)16-23(32-33)27(35)31-20-9-3-6-18(14-20)26(34)30-17-21-8-1-2-12-29-21/h1-16H,17H2,(H,30,34)(H,31,35). The lowest BCUT2D eigenvalue weighted by Gasteiger charge is -2.08. The van der Waals surface area contributed by atoms with Crippen LogP contribution in [0.1, 0.15) is 26.5 Å². The quantitative estimate of drug-likeness (QED) is 0.315. The molecule has 9 heteroatoms. The van der Waals surface area contributed by atoms with Gasteiger partial charge >= 0.3 is 0 Å². The van der Waals surface area contributed by atoms with Crippen molar-refractivity contribution in [1.82, 2.24) is 20.1 Å². The van der Waals surface area contributed by atoms with Crippen LogP contribution >= 0.6 is 11.6 Å². The molecule has 2 N–H and O–H groups in total. The molecule has 178 valence electrons. The van der Waals surface area contributed by atoms with E-state index in [2.05, 4.69) is 20.7 Å². The molecule has 8 nitrogen and oxygen atoms in total. The molecule has 3 heterocycles. The summed E-state index contributed by atoms with van der Waals surface area (Å²) in [5.41, 5.74) is 3.06. The summed E-state index contributed by atoms with van der Waals surface area (Å²) in [5.74, 6) is -0.162. The minimum atomic E-state index is -0.436. The third-order valence-electron chi connectivity index (χ3n) is 5.31. The van der Waals surface area contributed by atoms with Crippen molar-refractivity contribution in [2.75, 3.05) is 5.32 Å². The molecule has 0 aliphatic carbocycles. The van der Waals surface area contributed by atoms with Crippen molar-refractivity contribution in [1.29, 1.82) is 0 Å². The summed E-state index contributed by atoms with van der Waals surface area (Å²) in [7, 11) is 0. The van der Waals surface area contributed by atoms with Crippen LogP contribution in [0.3, 0.4) is 0 Å². The summed E-state index contributed by atoms with van der Waals surface area (Å²) >= 11 is 6.17. The Hall–Kier alpha value is -4.69. The summed E-state index contributed by atoms with van der Waals surface area (Å²) < 4.78 is 7.14. The van der Waals surface area contributed by atoms with Crippen LogP contribution in [0, 0.1) is 0 Å². The van der Waals surface area contributed by atoms with Crippen molar-refractivity contribution in [3.05, 3.63) is 119 Å². The van der Waals surface area contributed by atoms with Gasteiger partial charge in [0.15, 0.2) is 11.5 Å². The van der Waals surface area contributed by atoms with Crippen LogP contribution < -0.4 is 10.6 Å². The van der Waals surface area contributed by atoms with E-state index < -0.39 is 5.91 Å². The van der Waals surface area contributed by atoms with Crippen molar-refractivity contribution in [2.45, 2.75) is 6.54 Å². The van der Waals surface area contributed by atoms with E-state index in [1.165, 1.54) is 0 Å². The molecule has 0 saturated carbocycles. The van der Waals surface area contributed by atoms with Crippen LogP contribution in [0.15, 0.2) is 102 Å². The molecule has 2 amide bonds. The summed E-state index contributed by atoms with van der Waals surface area (Å²) in [5, 5.41) is 10.7. The molecule has 0 aliphatic heterocycles. The summed E-state index contributed by atoms with van der Waals surface area (Å²) in [6, 6.07) is 24.5. The van der Waals surface area contributed by atoms with E-state index in [1.54, 1.807) is 77.8 Å². The molecule has 36 heavy (non-hydrogen) atoms. The lowest BCUT2D eigenvalue weighted by atomic mass is 10.2. The van der Waals surface area contributed by atoms with Gasteiger partial charge in [-0.1, -0.05) is 29.8 Å². The van der Waals surface area contributed by atoms with E-state index in [0.717, 1.165) is 5.69 Å². The first-order valence-electron chi connectivity index (χ1n) is 11.1. The van der Waals surface area contributed by atoms with Gasteiger partial charge in [0.1, 0.15) is 5.69 Å². The average Bonchev–Trinajstić information content (AvgIpc) is 3.58. The number of carbonyl (C=O) groups is 2. The van der Waals surface area contributed by atoms with Gasteiger partial charge in [0, 0.05) is 28.5 Å². The maximum atomic E-state index is 13.1. The number of anilines is 1. The Kier molecular flexibility index (Phi) is 6.59. The second-order valence-electron chi connectivity index (χ2n) is 7.82. The number of pyridine rings is 1. The highest BCUT2D eigenvalue weighted by molar-refractivity contribution is 6.30. The van der Waals surface area contributed by atoms with Crippen LogP contribution in [0.2, 0.25) is 5.02 Å². The van der Waals surface area contributed by atoms with Gasteiger partial charge in [0.2, 0.25) is 0 Å². The maximum absolute atomic E-state index is 13.1. The number of aromatic nitrogens is 3. The van der Waals surface area contributed by atoms with Crippen LogP contribution in [-0.4, -0.2) is 26.6 Å². The first-order chi connectivity index (χ1) is 17.6. The van der Waals surface area contributed by atoms with E-state index >= 15 is 0 Å². The van der Waals surface area contributed by atoms with Gasteiger partial charge in [-0.25, -0.2) is 4.68 Å². The number of hydrogen-bond acceptors (Lipinski definition) is 5. The largest absolute Gasteiger partial charge is 0.463 e. The minimum absolute atomic E-state index is 0.173. The molecule has 0 aliphatic rings. The van der Waals surface area contributed by atoms with Gasteiger partial charge in [0.05, 0.1) is 24.2 Å².